The van der Waals surface area contributed by atoms with Crippen molar-refractivity contribution in [2.24, 2.45) is 5.92 Å². The van der Waals surface area contributed by atoms with E-state index in [1.807, 2.05) is 0 Å². The van der Waals surface area contributed by atoms with Crippen molar-refractivity contribution in [3.05, 3.63) is 28.8 Å². The van der Waals surface area contributed by atoms with Gasteiger partial charge in [0.15, 0.2) is 0 Å². The number of carbonyl (C=O) groups excluding carboxylic acids is 1. The Morgan fingerprint density at radius 3 is 2.84 bits per heavy atom. The van der Waals surface area contributed by atoms with Crippen molar-refractivity contribution < 1.29 is 14.7 Å². The highest BCUT2D eigenvalue weighted by atomic mass is 35.5. The third-order valence-electron chi connectivity index (χ3n) is 3.13. The zero-order valence-corrected chi connectivity index (χ0v) is 11.0. The summed E-state index contributed by atoms with van der Waals surface area (Å²) in [5, 5.41) is 15.0. The van der Waals surface area contributed by atoms with Crippen molar-refractivity contribution in [3.8, 4) is 0 Å². The minimum absolute atomic E-state index is 0.0127. The van der Waals surface area contributed by atoms with E-state index in [-0.39, 0.29) is 22.4 Å². The molecule has 0 radical (unpaired) electrons. The highest BCUT2D eigenvalue weighted by Gasteiger charge is 2.21. The van der Waals surface area contributed by atoms with Gasteiger partial charge in [0.2, 0.25) is 5.91 Å². The molecular weight excluding hydrogens is 268 g/mol. The fourth-order valence-electron chi connectivity index (χ4n) is 2.09. The summed E-state index contributed by atoms with van der Waals surface area (Å²) >= 11 is 5.77. The quantitative estimate of drug-likeness (QED) is 0.792. The minimum atomic E-state index is -1.11. The van der Waals surface area contributed by atoms with E-state index < -0.39 is 5.97 Å². The lowest BCUT2D eigenvalue weighted by molar-refractivity contribution is -0.120. The number of hydrogen-bond acceptors (Lipinski definition) is 3. The Morgan fingerprint density at radius 2 is 2.21 bits per heavy atom. The number of carboxylic acids is 1. The number of rotatable bonds is 3. The lowest BCUT2D eigenvalue weighted by Gasteiger charge is -2.22. The number of benzene rings is 1. The molecule has 19 heavy (non-hydrogen) atoms. The van der Waals surface area contributed by atoms with Crippen LogP contribution in [0.1, 0.15) is 23.2 Å². The van der Waals surface area contributed by atoms with E-state index in [1.165, 1.54) is 12.1 Å². The number of carboxylic acid groups (broad SMARTS) is 1. The van der Waals surface area contributed by atoms with Gasteiger partial charge < -0.3 is 15.7 Å². The lowest BCUT2D eigenvalue weighted by Crippen LogP contribution is -2.37. The first-order chi connectivity index (χ1) is 9.08. The fourth-order valence-corrected chi connectivity index (χ4v) is 2.29. The van der Waals surface area contributed by atoms with Crippen LogP contribution in [0, 0.1) is 5.92 Å². The second-order valence-corrected chi connectivity index (χ2v) is 4.94. The molecule has 1 fully saturated rings. The molecule has 1 aliphatic heterocycles. The highest BCUT2D eigenvalue weighted by Crippen LogP contribution is 2.21. The Labute approximate surface area is 116 Å². The van der Waals surface area contributed by atoms with Crippen LogP contribution in [0.4, 0.5) is 5.69 Å². The average Bonchev–Trinajstić information content (AvgIpc) is 2.41. The molecule has 0 bridgehead atoms. The maximum atomic E-state index is 12.0. The van der Waals surface area contributed by atoms with Crippen LogP contribution in [0.25, 0.3) is 0 Å². The lowest BCUT2D eigenvalue weighted by atomic mass is 9.99. The molecule has 1 amide bonds. The summed E-state index contributed by atoms with van der Waals surface area (Å²) in [6, 6.07) is 4.45. The second kappa shape index (κ2) is 6.04. The van der Waals surface area contributed by atoms with Gasteiger partial charge in [0.25, 0.3) is 0 Å². The maximum absolute atomic E-state index is 12.0. The molecule has 0 saturated carbocycles. The molecule has 0 spiro atoms. The number of halogens is 1. The molecule has 1 heterocycles. The van der Waals surface area contributed by atoms with Gasteiger partial charge in [-0.1, -0.05) is 11.6 Å². The molecule has 3 N–H and O–H groups in total. The van der Waals surface area contributed by atoms with Gasteiger partial charge in [0, 0.05) is 12.2 Å². The summed E-state index contributed by atoms with van der Waals surface area (Å²) < 4.78 is 0. The third kappa shape index (κ3) is 3.45. The van der Waals surface area contributed by atoms with E-state index in [4.69, 9.17) is 16.7 Å². The van der Waals surface area contributed by atoms with Crippen LogP contribution in [0.3, 0.4) is 0 Å². The largest absolute Gasteiger partial charge is 0.478 e. The molecule has 0 aliphatic carbocycles. The first-order valence-corrected chi connectivity index (χ1v) is 6.50. The monoisotopic (exact) mass is 282 g/mol. The van der Waals surface area contributed by atoms with E-state index >= 15 is 0 Å². The number of carbonyl (C=O) groups is 2. The Balaban J connectivity index is 2.08. The van der Waals surface area contributed by atoms with E-state index in [0.717, 1.165) is 19.4 Å². The summed E-state index contributed by atoms with van der Waals surface area (Å²) in [6.45, 7) is 1.60. The molecule has 1 aromatic rings. The topological polar surface area (TPSA) is 78.4 Å². The molecule has 1 atom stereocenters. The molecule has 1 unspecified atom stereocenters. The van der Waals surface area contributed by atoms with Gasteiger partial charge in [-0.3, -0.25) is 4.79 Å². The zero-order chi connectivity index (χ0) is 13.8. The molecule has 6 heteroatoms. The van der Waals surface area contributed by atoms with Gasteiger partial charge in [0.1, 0.15) is 0 Å². The summed E-state index contributed by atoms with van der Waals surface area (Å²) in [7, 11) is 0. The first kappa shape index (κ1) is 13.8. The summed E-state index contributed by atoms with van der Waals surface area (Å²) in [5.74, 6) is -1.27. The van der Waals surface area contributed by atoms with Crippen molar-refractivity contribution in [1.82, 2.24) is 5.32 Å². The van der Waals surface area contributed by atoms with Crippen LogP contribution in [0.5, 0.6) is 0 Å². The maximum Gasteiger partial charge on any atom is 0.337 e. The van der Waals surface area contributed by atoms with Gasteiger partial charge in [0.05, 0.1) is 16.5 Å². The van der Waals surface area contributed by atoms with Crippen LogP contribution < -0.4 is 10.6 Å². The van der Waals surface area contributed by atoms with Gasteiger partial charge in [-0.05, 0) is 37.6 Å². The molecule has 1 saturated heterocycles. The molecular formula is C13H15ClN2O3. The summed E-state index contributed by atoms with van der Waals surface area (Å²) in [4.78, 5) is 23.0. The molecule has 5 nitrogen and oxygen atoms in total. The molecule has 102 valence electrons. The predicted molar refractivity (Wildman–Crippen MR) is 72.6 cm³/mol. The Hall–Kier alpha value is -1.59. The van der Waals surface area contributed by atoms with Crippen LogP contribution in [0.15, 0.2) is 18.2 Å². The normalized spacial score (nSPS) is 18.9. The van der Waals surface area contributed by atoms with Gasteiger partial charge >= 0.3 is 5.97 Å². The van der Waals surface area contributed by atoms with Gasteiger partial charge in [-0.25, -0.2) is 4.79 Å². The molecule has 2 rings (SSSR count). The highest BCUT2D eigenvalue weighted by molar-refractivity contribution is 6.33. The van der Waals surface area contributed by atoms with Gasteiger partial charge in [-0.15, -0.1) is 0 Å². The Bertz CT molecular complexity index is 499. The van der Waals surface area contributed by atoms with Gasteiger partial charge in [-0.2, -0.15) is 0 Å². The van der Waals surface area contributed by atoms with Crippen LogP contribution >= 0.6 is 11.6 Å². The number of nitrogens with one attached hydrogen (secondary N) is 2. The summed E-state index contributed by atoms with van der Waals surface area (Å²) in [6.07, 6.45) is 1.82. The first-order valence-electron chi connectivity index (χ1n) is 6.12. The standard InChI is InChI=1S/C13H15ClN2O3/c14-11-4-3-9(6-10(11)13(18)19)16-12(17)8-2-1-5-15-7-8/h3-4,6,8,15H,1-2,5,7H2,(H,16,17)(H,18,19). The Kier molecular flexibility index (Phi) is 4.39. The average molecular weight is 283 g/mol. The van der Waals surface area contributed by atoms with E-state index in [2.05, 4.69) is 10.6 Å². The van der Waals surface area contributed by atoms with E-state index in [0.29, 0.717) is 12.2 Å². The number of piperidine rings is 1. The number of anilines is 1. The molecule has 0 aromatic heterocycles. The third-order valence-corrected chi connectivity index (χ3v) is 3.46. The van der Waals surface area contributed by atoms with Crippen molar-refractivity contribution in [1.29, 1.82) is 0 Å². The van der Waals surface area contributed by atoms with Crippen molar-refractivity contribution in [2.45, 2.75) is 12.8 Å². The number of amides is 1. The van der Waals surface area contributed by atoms with E-state index in [9.17, 15) is 9.59 Å². The molecule has 1 aliphatic rings. The zero-order valence-electron chi connectivity index (χ0n) is 10.3. The van der Waals surface area contributed by atoms with E-state index in [1.54, 1.807) is 6.07 Å². The summed E-state index contributed by atoms with van der Waals surface area (Å²) in [5.41, 5.74) is 0.443. The predicted octanol–water partition coefficient (Wildman–Crippen LogP) is 1.98. The van der Waals surface area contributed by atoms with Crippen LogP contribution in [-0.4, -0.2) is 30.1 Å². The SMILES string of the molecule is O=C(O)c1cc(NC(=O)C2CCCNC2)ccc1Cl. The number of aromatic carboxylic acids is 1. The fraction of sp³-hybridized carbons (Fsp3) is 0.385. The van der Waals surface area contributed by atoms with Crippen molar-refractivity contribution in [2.75, 3.05) is 18.4 Å². The van der Waals surface area contributed by atoms with Crippen LogP contribution in [0.2, 0.25) is 5.02 Å². The number of hydrogen-bond donors (Lipinski definition) is 3. The minimum Gasteiger partial charge on any atom is -0.478 e. The Morgan fingerprint density at radius 1 is 1.42 bits per heavy atom. The van der Waals surface area contributed by atoms with Crippen molar-refractivity contribution >= 4 is 29.2 Å². The smallest absolute Gasteiger partial charge is 0.337 e. The molecule has 1 aromatic carbocycles. The van der Waals surface area contributed by atoms with Crippen LogP contribution in [-0.2, 0) is 4.79 Å². The second-order valence-electron chi connectivity index (χ2n) is 4.53. The van der Waals surface area contributed by atoms with Crippen molar-refractivity contribution in [3.63, 3.8) is 0 Å².